The van der Waals surface area contributed by atoms with Crippen molar-refractivity contribution in [2.45, 2.75) is 32.8 Å². The third-order valence-corrected chi connectivity index (χ3v) is 2.33. The molecule has 2 N–H and O–H groups in total. The van der Waals surface area contributed by atoms with Crippen molar-refractivity contribution in [3.05, 3.63) is 35.1 Å². The summed E-state index contributed by atoms with van der Waals surface area (Å²) in [4.78, 5) is 22.0. The molecule has 0 radical (unpaired) electrons. The lowest BCUT2D eigenvalue weighted by Crippen LogP contribution is -2.32. The molecule has 0 spiro atoms. The molecule has 0 aliphatic heterocycles. The summed E-state index contributed by atoms with van der Waals surface area (Å²) < 4.78 is 18.6. The molecule has 0 heterocycles. The molecule has 0 aliphatic carbocycles. The molecule has 0 aliphatic rings. The number of carbonyl (C=O) groups excluding carboxylic acids is 1. The van der Waals surface area contributed by atoms with E-state index >= 15 is 0 Å². The second-order valence-corrected chi connectivity index (χ2v) is 5.54. The number of hydrogen-bond donors (Lipinski definition) is 2. The molecule has 5 nitrogen and oxygen atoms in total. The number of benzene rings is 1. The lowest BCUT2D eigenvalue weighted by Gasteiger charge is -2.19. The Bertz CT molecular complexity index is 623. The Morgan fingerprint density at radius 2 is 2.05 bits per heavy atom. The van der Waals surface area contributed by atoms with E-state index in [1.54, 1.807) is 20.8 Å². The monoisotopic (exact) mass is 307 g/mol. The zero-order valence-corrected chi connectivity index (χ0v) is 12.7. The van der Waals surface area contributed by atoms with Crippen LogP contribution in [0, 0.1) is 17.7 Å². The maximum absolute atomic E-state index is 13.6. The van der Waals surface area contributed by atoms with Gasteiger partial charge in [0.25, 0.3) is 0 Å². The molecule has 1 rings (SSSR count). The topological polar surface area (TPSA) is 75.6 Å². The van der Waals surface area contributed by atoms with Gasteiger partial charge in [-0.05, 0) is 38.5 Å². The normalized spacial score (nSPS) is 10.4. The minimum atomic E-state index is -1.00. The Hall–Kier alpha value is -2.55. The number of aliphatic carboxylic acids is 1. The van der Waals surface area contributed by atoms with E-state index < -0.39 is 23.5 Å². The van der Waals surface area contributed by atoms with E-state index in [1.807, 2.05) is 0 Å². The molecular formula is C16H18FNO4. The molecule has 118 valence electrons. The first-order chi connectivity index (χ1) is 10.2. The molecule has 0 bridgehead atoms. The second kappa shape index (κ2) is 7.46. The van der Waals surface area contributed by atoms with Crippen molar-refractivity contribution in [2.24, 2.45) is 0 Å². The van der Waals surface area contributed by atoms with Crippen LogP contribution in [-0.2, 0) is 16.0 Å². The lowest BCUT2D eigenvalue weighted by molar-refractivity contribution is -0.136. The van der Waals surface area contributed by atoms with E-state index in [0.29, 0.717) is 5.56 Å². The second-order valence-electron chi connectivity index (χ2n) is 5.54. The fraction of sp³-hybridized carbons (Fsp3) is 0.375. The van der Waals surface area contributed by atoms with Crippen molar-refractivity contribution in [1.29, 1.82) is 0 Å². The highest BCUT2D eigenvalue weighted by Gasteiger charge is 2.15. The third kappa shape index (κ3) is 6.75. The van der Waals surface area contributed by atoms with Crippen molar-refractivity contribution in [1.82, 2.24) is 5.32 Å². The Kier molecular flexibility index (Phi) is 5.93. The minimum Gasteiger partial charge on any atom is -0.481 e. The molecular weight excluding hydrogens is 289 g/mol. The number of nitrogens with one attached hydrogen (secondary N) is 1. The van der Waals surface area contributed by atoms with Gasteiger partial charge >= 0.3 is 12.1 Å². The first-order valence-corrected chi connectivity index (χ1v) is 6.63. The van der Waals surface area contributed by atoms with Gasteiger partial charge in [0.15, 0.2) is 0 Å². The van der Waals surface area contributed by atoms with Crippen LogP contribution in [-0.4, -0.2) is 29.3 Å². The summed E-state index contributed by atoms with van der Waals surface area (Å²) in [5, 5.41) is 11.1. The van der Waals surface area contributed by atoms with Crippen LogP contribution in [0.25, 0.3) is 0 Å². The van der Waals surface area contributed by atoms with Crippen LogP contribution in [0.15, 0.2) is 18.2 Å². The molecule has 6 heteroatoms. The average Bonchev–Trinajstić information content (AvgIpc) is 2.35. The van der Waals surface area contributed by atoms with E-state index in [2.05, 4.69) is 17.2 Å². The molecule has 22 heavy (non-hydrogen) atoms. The van der Waals surface area contributed by atoms with Crippen LogP contribution < -0.4 is 5.32 Å². The number of alkyl carbamates (subject to hydrolysis) is 1. The van der Waals surface area contributed by atoms with Gasteiger partial charge in [-0.2, -0.15) is 0 Å². The van der Waals surface area contributed by atoms with Crippen molar-refractivity contribution < 1.29 is 23.8 Å². The summed E-state index contributed by atoms with van der Waals surface area (Å²) in [5.41, 5.74) is -0.0579. The largest absolute Gasteiger partial charge is 0.481 e. The van der Waals surface area contributed by atoms with Crippen molar-refractivity contribution >= 4 is 12.1 Å². The van der Waals surface area contributed by atoms with E-state index in [-0.39, 0.29) is 18.5 Å². The molecule has 0 saturated carbocycles. The number of carboxylic acid groups (broad SMARTS) is 1. The summed E-state index contributed by atoms with van der Waals surface area (Å²) in [6.45, 7) is 5.21. The van der Waals surface area contributed by atoms with E-state index in [1.165, 1.54) is 18.2 Å². The Balaban J connectivity index is 2.64. The summed E-state index contributed by atoms with van der Waals surface area (Å²) in [6.07, 6.45) is -0.813. The van der Waals surface area contributed by atoms with Crippen LogP contribution in [0.1, 0.15) is 31.9 Å². The zero-order chi connectivity index (χ0) is 16.8. The van der Waals surface area contributed by atoms with E-state index in [0.717, 1.165) is 0 Å². The molecule has 0 saturated heterocycles. The molecule has 1 amide bonds. The summed E-state index contributed by atoms with van der Waals surface area (Å²) in [6, 6.07) is 3.95. The number of amides is 1. The van der Waals surface area contributed by atoms with Crippen LogP contribution in [0.5, 0.6) is 0 Å². The fourth-order valence-electron chi connectivity index (χ4n) is 1.52. The van der Waals surface area contributed by atoms with Crippen molar-refractivity contribution in [3.8, 4) is 11.8 Å². The van der Waals surface area contributed by atoms with Gasteiger partial charge < -0.3 is 15.2 Å². The number of halogens is 1. The summed E-state index contributed by atoms with van der Waals surface area (Å²) in [7, 11) is 0. The first kappa shape index (κ1) is 17.5. The van der Waals surface area contributed by atoms with E-state index in [4.69, 9.17) is 9.84 Å². The SMILES string of the molecule is CC(C)(C)OC(=O)NCC#Cc1cc(CC(=O)O)ccc1F. The zero-order valence-electron chi connectivity index (χ0n) is 12.7. The maximum atomic E-state index is 13.6. The van der Waals surface area contributed by atoms with Gasteiger partial charge in [-0.1, -0.05) is 17.9 Å². The van der Waals surface area contributed by atoms with Crippen LogP contribution in [0.4, 0.5) is 9.18 Å². The van der Waals surface area contributed by atoms with Crippen LogP contribution in [0.3, 0.4) is 0 Å². The van der Waals surface area contributed by atoms with E-state index in [9.17, 15) is 14.0 Å². The molecule has 0 fully saturated rings. The van der Waals surface area contributed by atoms with Gasteiger partial charge in [-0.25, -0.2) is 9.18 Å². The fourth-order valence-corrected chi connectivity index (χ4v) is 1.52. The first-order valence-electron chi connectivity index (χ1n) is 6.63. The molecule has 0 aromatic heterocycles. The van der Waals surface area contributed by atoms with Gasteiger partial charge in [0.1, 0.15) is 11.4 Å². The Morgan fingerprint density at radius 1 is 1.36 bits per heavy atom. The van der Waals surface area contributed by atoms with Gasteiger partial charge in [-0.3, -0.25) is 4.79 Å². The van der Waals surface area contributed by atoms with Crippen LogP contribution >= 0.6 is 0 Å². The molecule has 0 atom stereocenters. The molecule has 1 aromatic carbocycles. The third-order valence-electron chi connectivity index (χ3n) is 2.33. The lowest BCUT2D eigenvalue weighted by atomic mass is 10.1. The van der Waals surface area contributed by atoms with Gasteiger partial charge in [0.05, 0.1) is 18.5 Å². The highest BCUT2D eigenvalue weighted by molar-refractivity contribution is 5.70. The molecule has 0 unspecified atom stereocenters. The predicted octanol–water partition coefficient (Wildman–Crippen LogP) is 2.33. The molecule has 1 aromatic rings. The smallest absolute Gasteiger partial charge is 0.408 e. The number of hydrogen-bond acceptors (Lipinski definition) is 3. The van der Waals surface area contributed by atoms with Gasteiger partial charge in [-0.15, -0.1) is 0 Å². The Labute approximate surface area is 128 Å². The van der Waals surface area contributed by atoms with Gasteiger partial charge in [0, 0.05) is 0 Å². The summed E-state index contributed by atoms with van der Waals surface area (Å²) in [5.74, 6) is 3.60. The number of ether oxygens (including phenoxy) is 1. The number of rotatable bonds is 3. The quantitative estimate of drug-likeness (QED) is 0.840. The number of carbonyl (C=O) groups is 2. The van der Waals surface area contributed by atoms with Crippen LogP contribution in [0.2, 0.25) is 0 Å². The highest BCUT2D eigenvalue weighted by Crippen LogP contribution is 2.10. The number of carboxylic acids is 1. The predicted molar refractivity (Wildman–Crippen MR) is 78.9 cm³/mol. The van der Waals surface area contributed by atoms with Gasteiger partial charge in [0.2, 0.25) is 0 Å². The Morgan fingerprint density at radius 3 is 2.64 bits per heavy atom. The highest BCUT2D eigenvalue weighted by atomic mass is 19.1. The standard InChI is InChI=1S/C16H18FNO4/c1-16(2,3)22-15(21)18-8-4-5-12-9-11(10-14(19)20)6-7-13(12)17/h6-7,9H,8,10H2,1-3H3,(H,18,21)(H,19,20). The van der Waals surface area contributed by atoms with Crippen molar-refractivity contribution in [2.75, 3.05) is 6.54 Å². The summed E-state index contributed by atoms with van der Waals surface area (Å²) >= 11 is 0. The minimum absolute atomic E-state index is 0.00247. The van der Waals surface area contributed by atoms with Crippen molar-refractivity contribution in [3.63, 3.8) is 0 Å². The maximum Gasteiger partial charge on any atom is 0.408 e. The average molecular weight is 307 g/mol.